The molecule has 6 heteroatoms. The molecule has 0 spiro atoms. The van der Waals surface area contributed by atoms with Crippen LogP contribution in [-0.2, 0) is 4.79 Å². The number of hydrogen-bond donors (Lipinski definition) is 1. The summed E-state index contributed by atoms with van der Waals surface area (Å²) in [5, 5.41) is 0. The Balaban J connectivity index is 1.92. The van der Waals surface area contributed by atoms with Gasteiger partial charge in [0.2, 0.25) is 5.91 Å². The first kappa shape index (κ1) is 15.6. The molecule has 21 heavy (non-hydrogen) atoms. The molecule has 2 N–H and O–H groups in total. The van der Waals surface area contributed by atoms with Gasteiger partial charge in [-0.25, -0.2) is 0 Å². The molecule has 1 aliphatic rings. The molecule has 0 bridgehead atoms. The second-order valence-corrected chi connectivity index (χ2v) is 5.04. The fourth-order valence-corrected chi connectivity index (χ4v) is 2.29. The summed E-state index contributed by atoms with van der Waals surface area (Å²) in [6.07, 6.45) is -3.28. The number of halogens is 3. The largest absolute Gasteiger partial charge is 0.412 e. The van der Waals surface area contributed by atoms with Crippen LogP contribution < -0.4 is 5.73 Å². The number of amides is 1. The maximum atomic E-state index is 12.5. The molecule has 1 unspecified atom stereocenters. The van der Waals surface area contributed by atoms with E-state index >= 15 is 0 Å². The van der Waals surface area contributed by atoms with Crippen molar-refractivity contribution in [1.82, 2.24) is 4.90 Å². The highest BCUT2D eigenvalue weighted by molar-refractivity contribution is 5.77. The minimum Gasteiger partial charge on any atom is -0.339 e. The molecule has 0 saturated heterocycles. The molecule has 1 atom stereocenters. The Morgan fingerprint density at radius 1 is 1.29 bits per heavy atom. The summed E-state index contributed by atoms with van der Waals surface area (Å²) in [5.41, 5.74) is 6.24. The minimum absolute atomic E-state index is 0.00478. The van der Waals surface area contributed by atoms with Gasteiger partial charge in [0, 0.05) is 31.1 Å². The Labute approximate surface area is 121 Å². The lowest BCUT2D eigenvalue weighted by atomic mass is 10.0. The summed E-state index contributed by atoms with van der Waals surface area (Å²) >= 11 is 0. The summed E-state index contributed by atoms with van der Waals surface area (Å²) in [5.74, 6) is -0.219. The third kappa shape index (κ3) is 4.07. The van der Waals surface area contributed by atoms with Crippen molar-refractivity contribution in [2.45, 2.75) is 25.1 Å². The minimum atomic E-state index is -4.30. The summed E-state index contributed by atoms with van der Waals surface area (Å²) < 4.78 is 37.5. The lowest BCUT2D eigenvalue weighted by molar-refractivity contribution is -0.132. The number of carbonyl (C=O) groups excluding carboxylic acids is 1. The summed E-state index contributed by atoms with van der Waals surface area (Å²) in [6.45, 7) is 0.0842. The van der Waals surface area contributed by atoms with Crippen molar-refractivity contribution in [3.8, 4) is 0 Å². The average molecular weight is 298 g/mol. The number of hydrogen-bond acceptors (Lipinski definition) is 2. The van der Waals surface area contributed by atoms with E-state index in [9.17, 15) is 18.0 Å². The lowest BCUT2D eigenvalue weighted by Crippen LogP contribution is -2.38. The number of nitrogens with two attached hydrogens (primary N) is 1. The topological polar surface area (TPSA) is 46.3 Å². The fraction of sp³-hybridized carbons (Fsp3) is 0.400. The highest BCUT2D eigenvalue weighted by Crippen LogP contribution is 2.30. The van der Waals surface area contributed by atoms with E-state index in [1.807, 2.05) is 30.3 Å². The Bertz CT molecular complexity index is 525. The van der Waals surface area contributed by atoms with Crippen LogP contribution in [0, 0.1) is 0 Å². The third-order valence-electron chi connectivity index (χ3n) is 3.55. The van der Waals surface area contributed by atoms with Crippen LogP contribution in [0.5, 0.6) is 0 Å². The molecule has 0 aromatic heterocycles. The number of nitrogens with zero attached hydrogens (tertiary/aromatic N) is 1. The van der Waals surface area contributed by atoms with E-state index in [1.54, 1.807) is 0 Å². The van der Waals surface area contributed by atoms with Crippen LogP contribution in [0.3, 0.4) is 0 Å². The molecule has 1 amide bonds. The summed E-state index contributed by atoms with van der Waals surface area (Å²) in [6, 6.07) is 8.74. The average Bonchev–Trinajstić information content (AvgIpc) is 2.47. The molecule has 114 valence electrons. The Kier molecular flexibility index (Phi) is 4.67. The predicted molar refractivity (Wildman–Crippen MR) is 73.3 cm³/mol. The molecule has 1 aromatic carbocycles. The summed E-state index contributed by atoms with van der Waals surface area (Å²) in [7, 11) is 0. The zero-order chi connectivity index (χ0) is 15.5. The highest BCUT2D eigenvalue weighted by atomic mass is 19.4. The van der Waals surface area contributed by atoms with E-state index in [-0.39, 0.29) is 31.8 Å². The van der Waals surface area contributed by atoms with Crippen LogP contribution >= 0.6 is 0 Å². The van der Waals surface area contributed by atoms with Crippen molar-refractivity contribution in [1.29, 1.82) is 0 Å². The number of rotatable bonds is 3. The standard InChI is InChI=1S/C15H17F3N2O/c16-15(17,18)12-6-8-20(9-7-12)14(21)10-13(19)11-4-2-1-3-5-11/h1-6,13H,7-10,19H2. The molecular weight excluding hydrogens is 281 g/mol. The van der Waals surface area contributed by atoms with Gasteiger partial charge in [0.05, 0.1) is 0 Å². The van der Waals surface area contributed by atoms with Gasteiger partial charge in [0.15, 0.2) is 0 Å². The molecule has 3 nitrogen and oxygen atoms in total. The number of benzene rings is 1. The molecule has 1 heterocycles. The molecule has 0 radical (unpaired) electrons. The second kappa shape index (κ2) is 6.30. The van der Waals surface area contributed by atoms with Crippen LogP contribution in [0.15, 0.2) is 42.0 Å². The Morgan fingerprint density at radius 2 is 1.95 bits per heavy atom. The van der Waals surface area contributed by atoms with Gasteiger partial charge >= 0.3 is 6.18 Å². The molecule has 0 aliphatic carbocycles. The van der Waals surface area contributed by atoms with Crippen LogP contribution in [0.4, 0.5) is 13.2 Å². The normalized spacial score (nSPS) is 17.3. The van der Waals surface area contributed by atoms with Crippen molar-refractivity contribution < 1.29 is 18.0 Å². The van der Waals surface area contributed by atoms with Crippen LogP contribution in [-0.4, -0.2) is 30.1 Å². The molecule has 1 aliphatic heterocycles. The highest BCUT2D eigenvalue weighted by Gasteiger charge is 2.35. The van der Waals surface area contributed by atoms with Gasteiger partial charge in [0.1, 0.15) is 0 Å². The van der Waals surface area contributed by atoms with Gasteiger partial charge in [-0.05, 0) is 12.0 Å². The van der Waals surface area contributed by atoms with Crippen LogP contribution in [0.1, 0.15) is 24.4 Å². The zero-order valence-electron chi connectivity index (χ0n) is 11.4. The second-order valence-electron chi connectivity index (χ2n) is 5.04. The zero-order valence-corrected chi connectivity index (χ0v) is 11.4. The molecule has 2 rings (SSSR count). The predicted octanol–water partition coefficient (Wildman–Crippen LogP) is 2.80. The maximum absolute atomic E-state index is 12.5. The quantitative estimate of drug-likeness (QED) is 0.872. The third-order valence-corrected chi connectivity index (χ3v) is 3.55. The Hall–Kier alpha value is -1.82. The first-order chi connectivity index (χ1) is 9.88. The lowest BCUT2D eigenvalue weighted by Gasteiger charge is -2.28. The smallest absolute Gasteiger partial charge is 0.339 e. The van der Waals surface area contributed by atoms with Crippen molar-refractivity contribution in [2.24, 2.45) is 5.73 Å². The fourth-order valence-electron chi connectivity index (χ4n) is 2.29. The van der Waals surface area contributed by atoms with Crippen molar-refractivity contribution in [3.05, 3.63) is 47.5 Å². The number of carbonyl (C=O) groups is 1. The van der Waals surface area contributed by atoms with Gasteiger partial charge in [-0.1, -0.05) is 36.4 Å². The van der Waals surface area contributed by atoms with E-state index in [0.29, 0.717) is 0 Å². The molecular formula is C15H17F3N2O. The van der Waals surface area contributed by atoms with Crippen molar-refractivity contribution in [3.63, 3.8) is 0 Å². The number of alkyl halides is 3. The van der Waals surface area contributed by atoms with Gasteiger partial charge < -0.3 is 10.6 Å². The summed E-state index contributed by atoms with van der Waals surface area (Å²) in [4.78, 5) is 13.5. The van der Waals surface area contributed by atoms with Crippen LogP contribution in [0.25, 0.3) is 0 Å². The van der Waals surface area contributed by atoms with Gasteiger partial charge in [-0.2, -0.15) is 13.2 Å². The first-order valence-electron chi connectivity index (χ1n) is 6.72. The van der Waals surface area contributed by atoms with E-state index in [1.165, 1.54) is 4.90 Å². The van der Waals surface area contributed by atoms with Crippen molar-refractivity contribution in [2.75, 3.05) is 13.1 Å². The van der Waals surface area contributed by atoms with Gasteiger partial charge in [-0.15, -0.1) is 0 Å². The van der Waals surface area contributed by atoms with E-state index < -0.39 is 17.8 Å². The Morgan fingerprint density at radius 3 is 2.48 bits per heavy atom. The van der Waals surface area contributed by atoms with E-state index in [2.05, 4.69) is 0 Å². The molecule has 1 aromatic rings. The van der Waals surface area contributed by atoms with Gasteiger partial charge in [0.25, 0.3) is 0 Å². The van der Waals surface area contributed by atoms with Crippen LogP contribution in [0.2, 0.25) is 0 Å². The molecule has 0 fully saturated rings. The SMILES string of the molecule is NC(CC(=O)N1CC=C(C(F)(F)F)CC1)c1ccccc1. The molecule has 0 saturated carbocycles. The van der Waals surface area contributed by atoms with E-state index in [4.69, 9.17) is 5.73 Å². The monoisotopic (exact) mass is 298 g/mol. The maximum Gasteiger partial charge on any atom is 0.412 e. The van der Waals surface area contributed by atoms with Gasteiger partial charge in [-0.3, -0.25) is 4.79 Å². The first-order valence-corrected chi connectivity index (χ1v) is 6.72. The van der Waals surface area contributed by atoms with E-state index in [0.717, 1.165) is 11.6 Å². The van der Waals surface area contributed by atoms with Crippen molar-refractivity contribution >= 4 is 5.91 Å².